The molecule has 5 N–H and O–H groups in total. The fourth-order valence-electron chi connectivity index (χ4n) is 0.949. The lowest BCUT2D eigenvalue weighted by atomic mass is 10.4. The maximum absolute atomic E-state index is 11.2. The highest BCUT2D eigenvalue weighted by Gasteiger charge is 2.16. The van der Waals surface area contributed by atoms with E-state index in [1.165, 1.54) is 12.3 Å². The number of nitrogens with zero attached hydrogens (tertiary/aromatic N) is 2. The summed E-state index contributed by atoms with van der Waals surface area (Å²) >= 11 is 0. The second-order valence-electron chi connectivity index (χ2n) is 3.04. The minimum Gasteiger partial charge on any atom is -0.393 e. The molecule has 0 aliphatic rings. The Morgan fingerprint density at radius 3 is 2.75 bits per heavy atom. The summed E-state index contributed by atoms with van der Waals surface area (Å²) < 4.78 is 5.96. The first-order valence-electron chi connectivity index (χ1n) is 4.46. The molecule has 1 atom stereocenters. The summed E-state index contributed by atoms with van der Waals surface area (Å²) in [7, 11) is 0. The van der Waals surface area contributed by atoms with Crippen LogP contribution >= 0.6 is 0 Å². The molecule has 1 unspecified atom stereocenters. The molecule has 0 amide bonds. The predicted octanol–water partition coefficient (Wildman–Crippen LogP) is -2.53. The summed E-state index contributed by atoms with van der Waals surface area (Å²) in [6.45, 7) is -0.830. The maximum atomic E-state index is 11.2. The van der Waals surface area contributed by atoms with Crippen LogP contribution in [0.3, 0.4) is 0 Å². The number of aromatic nitrogens is 2. The average molecular weight is 231 g/mol. The van der Waals surface area contributed by atoms with Crippen LogP contribution < -0.4 is 11.4 Å². The number of rotatable bonds is 5. The fraction of sp³-hybridized carbons (Fsp3) is 0.500. The van der Waals surface area contributed by atoms with Crippen molar-refractivity contribution in [1.29, 1.82) is 0 Å². The smallest absolute Gasteiger partial charge is 0.351 e. The molecule has 0 aromatic carbocycles. The Balaban J connectivity index is 2.64. The van der Waals surface area contributed by atoms with Crippen molar-refractivity contribution in [3.63, 3.8) is 0 Å². The SMILES string of the molecule is Nc1ccn(COC(CO)C(O)O)c(=O)n1. The Morgan fingerprint density at radius 1 is 1.56 bits per heavy atom. The Bertz CT molecular complexity index is 392. The molecule has 0 aliphatic carbocycles. The van der Waals surface area contributed by atoms with Gasteiger partial charge in [0.1, 0.15) is 18.7 Å². The van der Waals surface area contributed by atoms with E-state index in [-0.39, 0.29) is 12.5 Å². The molecule has 0 aliphatic heterocycles. The molecule has 0 radical (unpaired) electrons. The number of aliphatic hydroxyl groups is 3. The molecule has 8 nitrogen and oxygen atoms in total. The maximum Gasteiger partial charge on any atom is 0.351 e. The highest BCUT2D eigenvalue weighted by atomic mass is 16.6. The van der Waals surface area contributed by atoms with Gasteiger partial charge in [-0.1, -0.05) is 0 Å². The van der Waals surface area contributed by atoms with Crippen molar-refractivity contribution in [2.45, 2.75) is 19.1 Å². The van der Waals surface area contributed by atoms with Crippen LogP contribution in [0.4, 0.5) is 5.82 Å². The number of anilines is 1. The van der Waals surface area contributed by atoms with Gasteiger partial charge in [-0.15, -0.1) is 0 Å². The van der Waals surface area contributed by atoms with E-state index in [0.717, 1.165) is 4.57 Å². The summed E-state index contributed by atoms with van der Waals surface area (Å²) in [4.78, 5) is 14.7. The Labute approximate surface area is 90.5 Å². The summed E-state index contributed by atoms with van der Waals surface area (Å²) in [6, 6.07) is 1.40. The van der Waals surface area contributed by atoms with E-state index in [1.807, 2.05) is 0 Å². The predicted molar refractivity (Wildman–Crippen MR) is 53.1 cm³/mol. The summed E-state index contributed by atoms with van der Waals surface area (Å²) in [5.41, 5.74) is 4.65. The van der Waals surface area contributed by atoms with Crippen LogP contribution in [0.15, 0.2) is 17.1 Å². The summed E-state index contributed by atoms with van der Waals surface area (Å²) in [5, 5.41) is 26.2. The molecule has 0 saturated heterocycles. The molecule has 1 aromatic rings. The van der Waals surface area contributed by atoms with Gasteiger partial charge in [-0.05, 0) is 6.07 Å². The van der Waals surface area contributed by atoms with Crippen molar-refractivity contribution in [2.75, 3.05) is 12.3 Å². The summed E-state index contributed by atoms with van der Waals surface area (Å²) in [5.74, 6) is 0.0853. The number of hydrogen-bond acceptors (Lipinski definition) is 7. The third kappa shape index (κ3) is 3.28. The Hall–Kier alpha value is -1.48. The van der Waals surface area contributed by atoms with Gasteiger partial charge in [-0.3, -0.25) is 4.57 Å². The van der Waals surface area contributed by atoms with Gasteiger partial charge in [-0.25, -0.2) is 4.79 Å². The lowest BCUT2D eigenvalue weighted by Crippen LogP contribution is -2.34. The van der Waals surface area contributed by atoms with E-state index in [0.29, 0.717) is 0 Å². The number of aliphatic hydroxyl groups excluding tert-OH is 2. The van der Waals surface area contributed by atoms with Crippen molar-refractivity contribution in [3.8, 4) is 0 Å². The van der Waals surface area contributed by atoms with Crippen molar-refractivity contribution in [3.05, 3.63) is 22.7 Å². The minimum atomic E-state index is -1.82. The number of hydrogen-bond donors (Lipinski definition) is 4. The van der Waals surface area contributed by atoms with Gasteiger partial charge in [0.05, 0.1) is 6.61 Å². The van der Waals surface area contributed by atoms with Crippen LogP contribution in [-0.4, -0.2) is 43.9 Å². The second-order valence-corrected chi connectivity index (χ2v) is 3.04. The van der Waals surface area contributed by atoms with Crippen LogP contribution in [0, 0.1) is 0 Å². The second kappa shape index (κ2) is 5.56. The lowest BCUT2D eigenvalue weighted by Gasteiger charge is -2.17. The van der Waals surface area contributed by atoms with E-state index in [4.69, 9.17) is 25.8 Å². The first kappa shape index (κ1) is 12.6. The average Bonchev–Trinajstić information content (AvgIpc) is 2.21. The van der Waals surface area contributed by atoms with Crippen molar-refractivity contribution >= 4 is 5.82 Å². The molecule has 8 heteroatoms. The highest BCUT2D eigenvalue weighted by molar-refractivity contribution is 5.23. The molecule has 0 saturated carbocycles. The molecular formula is C8H13N3O5. The minimum absolute atomic E-state index is 0.0853. The van der Waals surface area contributed by atoms with Crippen molar-refractivity contribution in [2.24, 2.45) is 0 Å². The first-order valence-corrected chi connectivity index (χ1v) is 4.46. The van der Waals surface area contributed by atoms with Crippen LogP contribution in [0.2, 0.25) is 0 Å². The van der Waals surface area contributed by atoms with Gasteiger partial charge in [0, 0.05) is 6.20 Å². The van der Waals surface area contributed by atoms with Crippen molar-refractivity contribution < 1.29 is 20.1 Å². The zero-order chi connectivity index (χ0) is 12.1. The fourth-order valence-corrected chi connectivity index (χ4v) is 0.949. The van der Waals surface area contributed by atoms with Crippen LogP contribution in [-0.2, 0) is 11.5 Å². The number of ether oxygens (including phenoxy) is 1. The van der Waals surface area contributed by atoms with Crippen LogP contribution in [0.5, 0.6) is 0 Å². The van der Waals surface area contributed by atoms with Gasteiger partial charge in [0.2, 0.25) is 0 Å². The molecule has 1 aromatic heterocycles. The molecule has 0 fully saturated rings. The van der Waals surface area contributed by atoms with E-state index >= 15 is 0 Å². The molecule has 1 heterocycles. The molecule has 0 spiro atoms. The third-order valence-electron chi connectivity index (χ3n) is 1.84. The topological polar surface area (TPSA) is 131 Å². The standard InChI is InChI=1S/C8H13N3O5/c9-6-1-2-11(8(15)10-6)4-16-5(3-12)7(13)14/h1-2,5,7,12-14H,3-4H2,(H2,9,10,15). The van der Waals surface area contributed by atoms with Crippen LogP contribution in [0.1, 0.15) is 0 Å². The zero-order valence-corrected chi connectivity index (χ0v) is 8.35. The molecule has 16 heavy (non-hydrogen) atoms. The van der Waals surface area contributed by atoms with Gasteiger partial charge >= 0.3 is 5.69 Å². The van der Waals surface area contributed by atoms with Gasteiger partial charge in [0.25, 0.3) is 0 Å². The molecule has 90 valence electrons. The third-order valence-corrected chi connectivity index (χ3v) is 1.84. The molecule has 0 bridgehead atoms. The van der Waals surface area contributed by atoms with Crippen molar-refractivity contribution in [1.82, 2.24) is 9.55 Å². The largest absolute Gasteiger partial charge is 0.393 e. The number of nitrogen functional groups attached to an aromatic ring is 1. The van der Waals surface area contributed by atoms with Gasteiger partial charge < -0.3 is 25.8 Å². The first-order chi connectivity index (χ1) is 7.54. The van der Waals surface area contributed by atoms with E-state index < -0.39 is 24.7 Å². The van der Waals surface area contributed by atoms with Gasteiger partial charge in [0.15, 0.2) is 6.29 Å². The quantitative estimate of drug-likeness (QED) is 0.411. The highest BCUT2D eigenvalue weighted by Crippen LogP contribution is 1.98. The monoisotopic (exact) mass is 231 g/mol. The normalized spacial score (nSPS) is 13.0. The van der Waals surface area contributed by atoms with Gasteiger partial charge in [-0.2, -0.15) is 4.98 Å². The lowest BCUT2D eigenvalue weighted by molar-refractivity contribution is -0.171. The van der Waals surface area contributed by atoms with E-state index in [9.17, 15) is 4.79 Å². The van der Waals surface area contributed by atoms with Crippen LogP contribution in [0.25, 0.3) is 0 Å². The van der Waals surface area contributed by atoms with E-state index in [2.05, 4.69) is 4.98 Å². The molecule has 1 rings (SSSR count). The number of nitrogens with two attached hydrogens (primary N) is 1. The zero-order valence-electron chi connectivity index (χ0n) is 8.35. The Morgan fingerprint density at radius 2 is 2.25 bits per heavy atom. The Kier molecular flexibility index (Phi) is 4.38. The van der Waals surface area contributed by atoms with E-state index in [1.54, 1.807) is 0 Å². The molecular weight excluding hydrogens is 218 g/mol. The summed E-state index contributed by atoms with van der Waals surface area (Å²) in [6.07, 6.45) is -1.64.